The van der Waals surface area contributed by atoms with Crippen LogP contribution in [-0.4, -0.2) is 86.6 Å². The first-order chi connectivity index (χ1) is 17.8. The van der Waals surface area contributed by atoms with Gasteiger partial charge in [-0.15, -0.1) is 0 Å². The molecule has 2 aromatic heterocycles. The van der Waals surface area contributed by atoms with Crippen molar-refractivity contribution in [1.82, 2.24) is 29.4 Å². The van der Waals surface area contributed by atoms with E-state index in [1.54, 1.807) is 18.3 Å². The smallest absolute Gasteiger partial charge is 0.263 e. The van der Waals surface area contributed by atoms with Crippen molar-refractivity contribution in [2.45, 2.75) is 23.8 Å². The molecule has 0 amide bonds. The van der Waals surface area contributed by atoms with Crippen molar-refractivity contribution in [2.75, 3.05) is 64.1 Å². The molecule has 37 heavy (non-hydrogen) atoms. The number of hydrogen-bond donors (Lipinski definition) is 2. The van der Waals surface area contributed by atoms with Crippen LogP contribution in [0.15, 0.2) is 41.7 Å². The van der Waals surface area contributed by atoms with Crippen molar-refractivity contribution in [1.29, 1.82) is 0 Å². The first kappa shape index (κ1) is 25.4. The molecular formula is C24H32N8O4S. The molecule has 0 unspecified atom stereocenters. The summed E-state index contributed by atoms with van der Waals surface area (Å²) in [6.45, 7) is 4.51. The number of morpholine rings is 1. The molecule has 12 nitrogen and oxygen atoms in total. The van der Waals surface area contributed by atoms with E-state index in [2.05, 4.69) is 36.6 Å². The van der Waals surface area contributed by atoms with E-state index in [1.807, 2.05) is 16.9 Å². The number of sulfonamides is 1. The van der Waals surface area contributed by atoms with Crippen LogP contribution in [0.25, 0.3) is 11.3 Å². The van der Waals surface area contributed by atoms with Crippen LogP contribution in [0, 0.1) is 0 Å². The molecule has 0 saturated carbocycles. The molecule has 0 bridgehead atoms. The van der Waals surface area contributed by atoms with Gasteiger partial charge in [0.05, 0.1) is 48.4 Å². The summed E-state index contributed by atoms with van der Waals surface area (Å²) in [5.74, 6) is 0.774. The second kappa shape index (κ2) is 10.6. The third-order valence-corrected chi connectivity index (χ3v) is 8.16. The maximum atomic E-state index is 12.7. The second-order valence-electron chi connectivity index (χ2n) is 9.26. The molecule has 5 rings (SSSR count). The Morgan fingerprint density at radius 2 is 1.86 bits per heavy atom. The van der Waals surface area contributed by atoms with Crippen LogP contribution >= 0.6 is 0 Å². The molecule has 2 saturated heterocycles. The average molecular weight is 529 g/mol. The van der Waals surface area contributed by atoms with Crippen LogP contribution in [0.4, 0.5) is 11.5 Å². The highest BCUT2D eigenvalue weighted by atomic mass is 32.2. The van der Waals surface area contributed by atoms with Crippen molar-refractivity contribution >= 4 is 21.5 Å². The minimum absolute atomic E-state index is 0.128. The van der Waals surface area contributed by atoms with Crippen LogP contribution in [0.3, 0.4) is 0 Å². The van der Waals surface area contributed by atoms with E-state index >= 15 is 0 Å². The molecule has 2 fully saturated rings. The summed E-state index contributed by atoms with van der Waals surface area (Å²) in [7, 11) is -0.187. The molecule has 2 aliphatic rings. The highest BCUT2D eigenvalue weighted by Crippen LogP contribution is 2.32. The van der Waals surface area contributed by atoms with Crippen molar-refractivity contribution in [2.24, 2.45) is 0 Å². The number of hydrogen-bond acceptors (Lipinski definition) is 10. The molecule has 0 aliphatic carbocycles. The Morgan fingerprint density at radius 3 is 2.59 bits per heavy atom. The summed E-state index contributed by atoms with van der Waals surface area (Å²) in [6.07, 6.45) is 7.04. The first-order valence-corrected chi connectivity index (χ1v) is 13.8. The largest absolute Gasteiger partial charge is 0.433 e. The molecule has 1 aromatic carbocycles. The van der Waals surface area contributed by atoms with E-state index in [0.29, 0.717) is 49.4 Å². The Bertz CT molecular complexity index is 1350. The standard InChI is InChI=1S/C24H32N8O4S/c1-26-37(33,34)21-12-17(11-19(13-21)31-7-9-35-10-8-31)22-15-27-23(25)24(29-22)36-20-14-28-32(16-20)18-3-5-30(2)6-4-18/h11-16,18,26H,3-10H2,1-2H3,(H2,25,27). The number of benzene rings is 1. The normalized spacial score (nSPS) is 17.7. The van der Waals surface area contributed by atoms with Gasteiger partial charge in [0.15, 0.2) is 11.6 Å². The van der Waals surface area contributed by atoms with Crippen LogP contribution in [0.5, 0.6) is 11.6 Å². The monoisotopic (exact) mass is 528 g/mol. The summed E-state index contributed by atoms with van der Waals surface area (Å²) < 4.78 is 41.1. The van der Waals surface area contributed by atoms with E-state index in [-0.39, 0.29) is 16.6 Å². The highest BCUT2D eigenvalue weighted by molar-refractivity contribution is 7.89. The molecule has 2 aliphatic heterocycles. The van der Waals surface area contributed by atoms with E-state index in [1.165, 1.54) is 13.2 Å². The predicted molar refractivity (Wildman–Crippen MR) is 139 cm³/mol. The van der Waals surface area contributed by atoms with Gasteiger partial charge >= 0.3 is 0 Å². The number of ether oxygens (including phenoxy) is 2. The third kappa shape index (κ3) is 5.69. The van der Waals surface area contributed by atoms with E-state index in [4.69, 9.17) is 15.2 Å². The summed E-state index contributed by atoms with van der Waals surface area (Å²) in [4.78, 5) is 13.4. The van der Waals surface area contributed by atoms with Gasteiger partial charge in [-0.1, -0.05) is 0 Å². The molecule has 0 spiro atoms. The molecule has 4 heterocycles. The minimum Gasteiger partial charge on any atom is -0.433 e. The Hall–Kier alpha value is -3.26. The van der Waals surface area contributed by atoms with E-state index < -0.39 is 10.0 Å². The fourth-order valence-corrected chi connectivity index (χ4v) is 5.34. The summed E-state index contributed by atoms with van der Waals surface area (Å²) in [5, 5.41) is 4.48. The third-order valence-electron chi connectivity index (χ3n) is 6.76. The van der Waals surface area contributed by atoms with Crippen LogP contribution in [0.2, 0.25) is 0 Å². The van der Waals surface area contributed by atoms with Gasteiger partial charge in [-0.2, -0.15) is 5.10 Å². The fraction of sp³-hybridized carbons (Fsp3) is 0.458. The zero-order valence-corrected chi connectivity index (χ0v) is 21.8. The minimum atomic E-state index is -3.69. The number of nitrogen functional groups attached to an aromatic ring is 1. The van der Waals surface area contributed by atoms with Gasteiger partial charge in [0.25, 0.3) is 5.88 Å². The lowest BCUT2D eigenvalue weighted by molar-refractivity contribution is 0.122. The number of anilines is 2. The quantitative estimate of drug-likeness (QED) is 0.466. The number of nitrogens with one attached hydrogen (secondary N) is 1. The number of nitrogens with zero attached hydrogens (tertiary/aromatic N) is 6. The predicted octanol–water partition coefficient (Wildman–Crippen LogP) is 1.73. The van der Waals surface area contributed by atoms with Gasteiger partial charge in [-0.05, 0) is 58.2 Å². The summed E-state index contributed by atoms with van der Waals surface area (Å²) in [5.41, 5.74) is 7.87. The number of likely N-dealkylation sites (tertiary alicyclic amines) is 1. The Balaban J connectivity index is 1.44. The topological polar surface area (TPSA) is 141 Å². The number of piperidine rings is 1. The molecule has 3 N–H and O–H groups in total. The zero-order valence-electron chi connectivity index (χ0n) is 21.0. The fourth-order valence-electron chi connectivity index (χ4n) is 4.55. The van der Waals surface area contributed by atoms with Crippen LogP contribution in [0.1, 0.15) is 18.9 Å². The van der Waals surface area contributed by atoms with Gasteiger partial charge in [-0.25, -0.2) is 23.1 Å². The zero-order chi connectivity index (χ0) is 26.0. The number of rotatable bonds is 7. The Morgan fingerprint density at radius 1 is 1.11 bits per heavy atom. The second-order valence-corrected chi connectivity index (χ2v) is 11.1. The lowest BCUT2D eigenvalue weighted by Gasteiger charge is -2.29. The Kier molecular flexibility index (Phi) is 7.29. The maximum Gasteiger partial charge on any atom is 0.263 e. The van der Waals surface area contributed by atoms with Crippen molar-refractivity contribution < 1.29 is 17.9 Å². The van der Waals surface area contributed by atoms with Gasteiger partial charge in [-0.3, -0.25) is 4.68 Å². The molecule has 198 valence electrons. The molecule has 13 heteroatoms. The molecular weight excluding hydrogens is 496 g/mol. The van der Waals surface area contributed by atoms with Crippen LogP contribution in [-0.2, 0) is 14.8 Å². The van der Waals surface area contributed by atoms with Gasteiger partial charge in [0.2, 0.25) is 10.0 Å². The average Bonchev–Trinajstić information content (AvgIpc) is 3.39. The number of aromatic nitrogens is 4. The number of nitrogens with two attached hydrogens (primary N) is 1. The highest BCUT2D eigenvalue weighted by Gasteiger charge is 2.21. The van der Waals surface area contributed by atoms with Gasteiger partial charge < -0.3 is 25.0 Å². The molecule has 0 radical (unpaired) electrons. The first-order valence-electron chi connectivity index (χ1n) is 12.3. The van der Waals surface area contributed by atoms with Gasteiger partial charge in [0, 0.05) is 24.3 Å². The lowest BCUT2D eigenvalue weighted by Crippen LogP contribution is -2.36. The van der Waals surface area contributed by atoms with E-state index in [9.17, 15) is 8.42 Å². The van der Waals surface area contributed by atoms with E-state index in [0.717, 1.165) is 31.6 Å². The summed E-state index contributed by atoms with van der Waals surface area (Å²) in [6, 6.07) is 5.43. The van der Waals surface area contributed by atoms with Crippen molar-refractivity contribution in [3.05, 3.63) is 36.8 Å². The van der Waals surface area contributed by atoms with Crippen molar-refractivity contribution in [3.63, 3.8) is 0 Å². The lowest BCUT2D eigenvalue weighted by atomic mass is 10.1. The molecule has 0 atom stereocenters. The Labute approximate surface area is 216 Å². The van der Waals surface area contributed by atoms with Gasteiger partial charge in [0.1, 0.15) is 0 Å². The summed E-state index contributed by atoms with van der Waals surface area (Å²) >= 11 is 0. The SMILES string of the molecule is CNS(=O)(=O)c1cc(-c2cnc(N)c(Oc3cnn(C4CCN(C)CC4)c3)n2)cc(N2CCOCC2)c1. The molecule has 3 aromatic rings. The maximum absolute atomic E-state index is 12.7. The van der Waals surface area contributed by atoms with Crippen LogP contribution < -0.4 is 20.1 Å². The van der Waals surface area contributed by atoms with Crippen molar-refractivity contribution in [3.8, 4) is 22.9 Å².